The molecule has 0 radical (unpaired) electrons. The predicted octanol–water partition coefficient (Wildman–Crippen LogP) is 4.86. The summed E-state index contributed by atoms with van der Waals surface area (Å²) in [5.74, 6) is -5.73. The summed E-state index contributed by atoms with van der Waals surface area (Å²) in [6, 6.07) is 19.7. The zero-order chi connectivity index (χ0) is 30.6. The number of esters is 1. The molecule has 43 heavy (non-hydrogen) atoms. The van der Waals surface area contributed by atoms with Crippen LogP contribution in [-0.4, -0.2) is 65.8 Å². The van der Waals surface area contributed by atoms with Crippen molar-refractivity contribution in [2.75, 3.05) is 20.2 Å². The molecule has 2 saturated heterocycles. The number of rotatable bonds is 8. The molecule has 2 atom stereocenters. The lowest BCUT2D eigenvalue weighted by Crippen LogP contribution is -2.49. The molecule has 2 amide bonds. The van der Waals surface area contributed by atoms with Crippen molar-refractivity contribution >= 4 is 17.8 Å². The van der Waals surface area contributed by atoms with E-state index in [9.17, 15) is 28.4 Å². The number of hydrogen-bond acceptors (Lipinski definition) is 7. The van der Waals surface area contributed by atoms with Crippen LogP contribution in [0.5, 0.6) is 17.2 Å². The number of nitriles is 1. The Labute approximate surface area is 247 Å². The first-order valence-electron chi connectivity index (χ1n) is 13.8. The highest BCUT2D eigenvalue weighted by molar-refractivity contribution is 6.00. The van der Waals surface area contributed by atoms with E-state index in [2.05, 4.69) is 0 Å². The molecule has 2 aliphatic heterocycles. The van der Waals surface area contributed by atoms with Crippen molar-refractivity contribution in [3.8, 4) is 23.3 Å². The molecule has 0 bridgehead atoms. The first-order valence-corrected chi connectivity index (χ1v) is 13.8. The molecule has 2 fully saturated rings. The highest BCUT2D eigenvalue weighted by Gasteiger charge is 2.52. The summed E-state index contributed by atoms with van der Waals surface area (Å²) in [5, 5.41) is 9.43. The lowest BCUT2D eigenvalue weighted by Gasteiger charge is -2.29. The van der Waals surface area contributed by atoms with E-state index in [-0.39, 0.29) is 41.5 Å². The zero-order valence-corrected chi connectivity index (χ0v) is 23.4. The van der Waals surface area contributed by atoms with Gasteiger partial charge in [0.1, 0.15) is 18.7 Å². The van der Waals surface area contributed by atoms with Gasteiger partial charge in [-0.2, -0.15) is 5.26 Å². The topological polar surface area (TPSA) is 109 Å². The minimum Gasteiger partial charge on any atom is -0.493 e. The Morgan fingerprint density at radius 1 is 0.977 bits per heavy atom. The van der Waals surface area contributed by atoms with Gasteiger partial charge in [-0.1, -0.05) is 48.5 Å². The number of likely N-dealkylation sites (tertiary alicyclic amines) is 2. The average molecular weight is 590 g/mol. The average Bonchev–Trinajstić information content (AvgIpc) is 3.64. The Morgan fingerprint density at radius 3 is 2.33 bits per heavy atom. The number of alkyl halides is 2. The number of hydrogen-bond donors (Lipinski definition) is 0. The molecule has 5 rings (SSSR count). The Kier molecular flexibility index (Phi) is 8.57. The highest BCUT2D eigenvalue weighted by Crippen LogP contribution is 2.42. The summed E-state index contributed by atoms with van der Waals surface area (Å²) in [7, 11) is 1.30. The van der Waals surface area contributed by atoms with Crippen molar-refractivity contribution in [2.45, 2.75) is 43.9 Å². The third kappa shape index (κ3) is 6.43. The van der Waals surface area contributed by atoms with Crippen molar-refractivity contribution in [3.05, 3.63) is 89.5 Å². The maximum atomic E-state index is 14.7. The SMILES string of the molecule is COc1cc(C(=O)N2CC(F)(F)C[C@H]2C(=O)N2CCC[C@H]2C#N)cc(OCc2ccccc2)c1OC(=O)c1ccccc1. The Balaban J connectivity index is 1.49. The first-order chi connectivity index (χ1) is 20.7. The van der Waals surface area contributed by atoms with Gasteiger partial charge in [0, 0.05) is 18.5 Å². The quantitative estimate of drug-likeness (QED) is 0.273. The van der Waals surface area contributed by atoms with E-state index in [0.29, 0.717) is 12.8 Å². The number of nitrogens with zero attached hydrogens (tertiary/aromatic N) is 3. The highest BCUT2D eigenvalue weighted by atomic mass is 19.3. The Morgan fingerprint density at radius 2 is 1.65 bits per heavy atom. The lowest BCUT2D eigenvalue weighted by molar-refractivity contribution is -0.135. The van der Waals surface area contributed by atoms with Crippen LogP contribution in [0.4, 0.5) is 8.78 Å². The van der Waals surface area contributed by atoms with Crippen molar-refractivity contribution < 1.29 is 37.4 Å². The maximum Gasteiger partial charge on any atom is 0.343 e. The van der Waals surface area contributed by atoms with E-state index < -0.39 is 48.8 Å². The molecule has 9 nitrogen and oxygen atoms in total. The fourth-order valence-corrected chi connectivity index (χ4v) is 5.29. The minimum absolute atomic E-state index is 0.0327. The smallest absolute Gasteiger partial charge is 0.343 e. The number of carbonyl (C=O) groups is 3. The molecule has 2 heterocycles. The third-order valence-corrected chi connectivity index (χ3v) is 7.43. The van der Waals surface area contributed by atoms with Gasteiger partial charge < -0.3 is 24.0 Å². The van der Waals surface area contributed by atoms with Gasteiger partial charge in [-0.05, 0) is 42.7 Å². The van der Waals surface area contributed by atoms with E-state index in [4.69, 9.17) is 14.2 Å². The summed E-state index contributed by atoms with van der Waals surface area (Å²) in [6.45, 7) is -0.681. The summed E-state index contributed by atoms with van der Waals surface area (Å²) in [6.07, 6.45) is 0.165. The number of ether oxygens (including phenoxy) is 3. The van der Waals surface area contributed by atoms with Crippen LogP contribution in [0.1, 0.15) is 45.5 Å². The van der Waals surface area contributed by atoms with Crippen LogP contribution in [0.25, 0.3) is 0 Å². The number of methoxy groups -OCH3 is 1. The fraction of sp³-hybridized carbons (Fsp3) is 0.312. The lowest BCUT2D eigenvalue weighted by atomic mass is 10.1. The maximum absolute atomic E-state index is 14.7. The molecular weight excluding hydrogens is 560 g/mol. The van der Waals surface area contributed by atoms with Gasteiger partial charge in [0.2, 0.25) is 11.7 Å². The van der Waals surface area contributed by atoms with Gasteiger partial charge in [-0.3, -0.25) is 9.59 Å². The van der Waals surface area contributed by atoms with Gasteiger partial charge in [-0.15, -0.1) is 0 Å². The summed E-state index contributed by atoms with van der Waals surface area (Å²) in [4.78, 5) is 42.2. The molecule has 11 heteroatoms. The van der Waals surface area contributed by atoms with Gasteiger partial charge in [-0.25, -0.2) is 13.6 Å². The molecule has 3 aromatic rings. The van der Waals surface area contributed by atoms with Crippen LogP contribution in [0.2, 0.25) is 0 Å². The van der Waals surface area contributed by atoms with Gasteiger partial charge >= 0.3 is 5.97 Å². The van der Waals surface area contributed by atoms with Crippen LogP contribution in [0.15, 0.2) is 72.8 Å². The molecule has 0 aromatic heterocycles. The van der Waals surface area contributed by atoms with Crippen molar-refractivity contribution in [3.63, 3.8) is 0 Å². The van der Waals surface area contributed by atoms with Crippen molar-refractivity contribution in [1.29, 1.82) is 5.26 Å². The van der Waals surface area contributed by atoms with E-state index in [1.54, 1.807) is 30.3 Å². The minimum atomic E-state index is -3.31. The predicted molar refractivity (Wildman–Crippen MR) is 150 cm³/mol. The second-order valence-corrected chi connectivity index (χ2v) is 10.4. The van der Waals surface area contributed by atoms with E-state index in [1.807, 2.05) is 36.4 Å². The second-order valence-electron chi connectivity index (χ2n) is 10.4. The summed E-state index contributed by atoms with van der Waals surface area (Å²) in [5.41, 5.74) is 0.936. The van der Waals surface area contributed by atoms with E-state index in [1.165, 1.54) is 24.1 Å². The number of benzene rings is 3. The normalized spacial score (nSPS) is 19.0. The number of halogens is 2. The van der Waals surface area contributed by atoms with E-state index >= 15 is 0 Å². The van der Waals surface area contributed by atoms with Crippen LogP contribution in [-0.2, 0) is 11.4 Å². The molecule has 2 aliphatic rings. The zero-order valence-electron chi connectivity index (χ0n) is 23.4. The third-order valence-electron chi connectivity index (χ3n) is 7.43. The molecule has 0 aliphatic carbocycles. The largest absolute Gasteiger partial charge is 0.493 e. The molecule has 0 unspecified atom stereocenters. The van der Waals surface area contributed by atoms with Gasteiger partial charge in [0.05, 0.1) is 25.3 Å². The molecule has 0 N–H and O–H groups in total. The van der Waals surface area contributed by atoms with Gasteiger partial charge in [0.25, 0.3) is 11.8 Å². The summed E-state index contributed by atoms with van der Waals surface area (Å²) < 4.78 is 46.5. The molecule has 222 valence electrons. The Hall–Kier alpha value is -4.98. The van der Waals surface area contributed by atoms with Crippen molar-refractivity contribution in [2.24, 2.45) is 0 Å². The monoisotopic (exact) mass is 589 g/mol. The molecule has 3 aromatic carbocycles. The number of amides is 2. The Bertz CT molecular complexity index is 1540. The molecule has 0 spiro atoms. The molecule has 0 saturated carbocycles. The summed E-state index contributed by atoms with van der Waals surface area (Å²) >= 11 is 0. The van der Waals surface area contributed by atoms with Gasteiger partial charge in [0.15, 0.2) is 11.5 Å². The number of carbonyl (C=O) groups excluding carboxylic acids is 3. The van der Waals surface area contributed by atoms with Crippen LogP contribution >= 0.6 is 0 Å². The standard InChI is InChI=1S/C32H29F2N3O6/c1-41-26-15-23(29(38)37-20-32(33,34)17-25(37)30(39)36-14-8-13-24(36)18-35)16-27(42-19-21-9-4-2-5-10-21)28(26)43-31(40)22-11-6-3-7-12-22/h2-7,9-12,15-16,24-25H,8,13-14,17,19-20H2,1H3/t24-,25-/m0/s1. The fourth-order valence-electron chi connectivity index (χ4n) is 5.29. The van der Waals surface area contributed by atoms with Crippen LogP contribution in [0, 0.1) is 11.3 Å². The van der Waals surface area contributed by atoms with Crippen molar-refractivity contribution in [1.82, 2.24) is 9.80 Å². The molecular formula is C32H29F2N3O6. The second kappa shape index (κ2) is 12.5. The van der Waals surface area contributed by atoms with E-state index in [0.717, 1.165) is 10.5 Å². The first kappa shape index (κ1) is 29.5. The van der Waals surface area contributed by atoms with Crippen LogP contribution in [0.3, 0.4) is 0 Å². The van der Waals surface area contributed by atoms with Crippen LogP contribution < -0.4 is 14.2 Å².